The molecule has 0 unspecified atom stereocenters. The van der Waals surface area contributed by atoms with Gasteiger partial charge in [0.05, 0.1) is 0 Å². The molecule has 0 spiro atoms. The Bertz CT molecular complexity index is 593. The second-order valence-electron chi connectivity index (χ2n) is 4.19. The molecule has 0 heterocycles. The molecule has 1 nitrogen and oxygen atoms in total. The first kappa shape index (κ1) is 13.0. The molecular formula is C15H12BrFO. The third-order valence-corrected chi connectivity index (χ3v) is 3.24. The summed E-state index contributed by atoms with van der Waals surface area (Å²) in [6.45, 7) is 1.68. The van der Waals surface area contributed by atoms with Gasteiger partial charge >= 0.3 is 0 Å². The summed E-state index contributed by atoms with van der Waals surface area (Å²) in [5.41, 5.74) is 1.88. The van der Waals surface area contributed by atoms with Gasteiger partial charge in [0, 0.05) is 16.5 Å². The monoisotopic (exact) mass is 306 g/mol. The fourth-order valence-corrected chi connectivity index (χ4v) is 2.15. The van der Waals surface area contributed by atoms with Crippen molar-refractivity contribution in [2.24, 2.45) is 0 Å². The van der Waals surface area contributed by atoms with Gasteiger partial charge in [-0.2, -0.15) is 0 Å². The molecule has 0 amide bonds. The molecule has 0 bridgehead atoms. The minimum atomic E-state index is -0.338. The van der Waals surface area contributed by atoms with Crippen molar-refractivity contribution < 1.29 is 9.18 Å². The lowest BCUT2D eigenvalue weighted by atomic mass is 10.0. The van der Waals surface area contributed by atoms with E-state index in [-0.39, 0.29) is 18.0 Å². The number of hydrogen-bond donors (Lipinski definition) is 0. The van der Waals surface area contributed by atoms with Crippen LogP contribution in [0, 0.1) is 12.7 Å². The molecule has 3 heteroatoms. The molecule has 0 aliphatic rings. The van der Waals surface area contributed by atoms with Crippen molar-refractivity contribution in [3.8, 4) is 0 Å². The SMILES string of the molecule is Cc1ccc(C(=O)Cc2cccc(Br)c2)cc1F. The Kier molecular flexibility index (Phi) is 3.92. The van der Waals surface area contributed by atoms with Gasteiger partial charge in [-0.05, 0) is 36.2 Å². The van der Waals surface area contributed by atoms with Crippen molar-refractivity contribution in [3.05, 3.63) is 69.4 Å². The third-order valence-electron chi connectivity index (χ3n) is 2.75. The largest absolute Gasteiger partial charge is 0.294 e. The minimum Gasteiger partial charge on any atom is -0.294 e. The van der Waals surface area contributed by atoms with E-state index in [0.29, 0.717) is 11.1 Å². The fourth-order valence-electron chi connectivity index (χ4n) is 1.70. The Hall–Kier alpha value is -1.48. The molecule has 0 aromatic heterocycles. The quantitative estimate of drug-likeness (QED) is 0.772. The summed E-state index contributed by atoms with van der Waals surface area (Å²) >= 11 is 3.36. The van der Waals surface area contributed by atoms with Crippen LogP contribution in [0.2, 0.25) is 0 Å². The van der Waals surface area contributed by atoms with Crippen LogP contribution in [0.25, 0.3) is 0 Å². The number of carbonyl (C=O) groups excluding carboxylic acids is 1. The number of Topliss-reactive ketones (excluding diaryl/α,β-unsaturated/α-hetero) is 1. The molecule has 2 aromatic rings. The summed E-state index contributed by atoms with van der Waals surface area (Å²) in [4.78, 5) is 12.0. The highest BCUT2D eigenvalue weighted by molar-refractivity contribution is 9.10. The molecule has 0 fully saturated rings. The fraction of sp³-hybridized carbons (Fsp3) is 0.133. The van der Waals surface area contributed by atoms with E-state index >= 15 is 0 Å². The van der Waals surface area contributed by atoms with Gasteiger partial charge in [0.25, 0.3) is 0 Å². The van der Waals surface area contributed by atoms with Crippen LogP contribution in [0.4, 0.5) is 4.39 Å². The van der Waals surface area contributed by atoms with Crippen molar-refractivity contribution in [1.29, 1.82) is 0 Å². The van der Waals surface area contributed by atoms with Crippen LogP contribution in [0.5, 0.6) is 0 Å². The second kappa shape index (κ2) is 5.44. The molecule has 18 heavy (non-hydrogen) atoms. The van der Waals surface area contributed by atoms with Gasteiger partial charge in [-0.25, -0.2) is 4.39 Å². The van der Waals surface area contributed by atoms with Crippen molar-refractivity contribution in [2.45, 2.75) is 13.3 Å². The number of ketones is 1. The number of carbonyl (C=O) groups is 1. The van der Waals surface area contributed by atoms with Crippen LogP contribution in [-0.2, 0) is 6.42 Å². The summed E-state index contributed by atoms with van der Waals surface area (Å²) in [5, 5.41) is 0. The van der Waals surface area contributed by atoms with Gasteiger partial charge in [-0.15, -0.1) is 0 Å². The summed E-state index contributed by atoms with van der Waals surface area (Å²) in [6.07, 6.45) is 0.280. The first-order chi connectivity index (χ1) is 8.56. The number of benzene rings is 2. The van der Waals surface area contributed by atoms with Crippen LogP contribution < -0.4 is 0 Å². The maximum atomic E-state index is 13.4. The molecule has 0 aliphatic carbocycles. The molecule has 0 saturated carbocycles. The highest BCUT2D eigenvalue weighted by Gasteiger charge is 2.09. The van der Waals surface area contributed by atoms with Crippen LogP contribution in [-0.4, -0.2) is 5.78 Å². The predicted molar refractivity (Wildman–Crippen MR) is 73.3 cm³/mol. The molecule has 92 valence electrons. The van der Waals surface area contributed by atoms with E-state index < -0.39 is 0 Å². The topological polar surface area (TPSA) is 17.1 Å². The third kappa shape index (κ3) is 3.05. The summed E-state index contributed by atoms with van der Waals surface area (Å²) < 4.78 is 14.3. The number of aryl methyl sites for hydroxylation is 1. The molecule has 2 rings (SSSR count). The highest BCUT2D eigenvalue weighted by Crippen LogP contribution is 2.15. The summed E-state index contributed by atoms with van der Waals surface area (Å²) in [5.74, 6) is -0.415. The van der Waals surface area contributed by atoms with Crippen LogP contribution >= 0.6 is 15.9 Å². The average molecular weight is 307 g/mol. The van der Waals surface area contributed by atoms with Crippen LogP contribution in [0.3, 0.4) is 0 Å². The Balaban J connectivity index is 2.19. The molecule has 0 atom stereocenters. The predicted octanol–water partition coefficient (Wildman–Crippen LogP) is 4.32. The zero-order valence-electron chi connectivity index (χ0n) is 9.91. The number of halogens is 2. The molecule has 2 aromatic carbocycles. The van der Waals surface area contributed by atoms with Crippen molar-refractivity contribution >= 4 is 21.7 Å². The molecule has 0 aliphatic heterocycles. The normalized spacial score (nSPS) is 10.4. The Morgan fingerprint density at radius 3 is 2.67 bits per heavy atom. The van der Waals surface area contributed by atoms with Gasteiger partial charge in [-0.3, -0.25) is 4.79 Å². The summed E-state index contributed by atoms with van der Waals surface area (Å²) in [6, 6.07) is 12.1. The highest BCUT2D eigenvalue weighted by atomic mass is 79.9. The van der Waals surface area contributed by atoms with Crippen molar-refractivity contribution in [1.82, 2.24) is 0 Å². The Labute approximate surface area is 114 Å². The Morgan fingerprint density at radius 1 is 1.22 bits per heavy atom. The molecular weight excluding hydrogens is 295 g/mol. The molecule has 0 N–H and O–H groups in total. The van der Waals surface area contributed by atoms with Gasteiger partial charge < -0.3 is 0 Å². The van der Waals surface area contributed by atoms with E-state index in [2.05, 4.69) is 15.9 Å². The minimum absolute atomic E-state index is 0.0769. The lowest BCUT2D eigenvalue weighted by molar-refractivity contribution is 0.0992. The van der Waals surface area contributed by atoms with Gasteiger partial charge in [0.15, 0.2) is 5.78 Å². The molecule has 0 radical (unpaired) electrons. The number of rotatable bonds is 3. The zero-order valence-corrected chi connectivity index (χ0v) is 11.5. The second-order valence-corrected chi connectivity index (χ2v) is 5.11. The van der Waals surface area contributed by atoms with E-state index in [4.69, 9.17) is 0 Å². The van der Waals surface area contributed by atoms with Crippen molar-refractivity contribution in [3.63, 3.8) is 0 Å². The number of hydrogen-bond acceptors (Lipinski definition) is 1. The van der Waals surface area contributed by atoms with Crippen LogP contribution in [0.1, 0.15) is 21.5 Å². The van der Waals surface area contributed by atoms with Gasteiger partial charge in [0.1, 0.15) is 5.82 Å². The van der Waals surface area contributed by atoms with Gasteiger partial charge in [0.2, 0.25) is 0 Å². The lowest BCUT2D eigenvalue weighted by Gasteiger charge is -2.04. The standard InChI is InChI=1S/C15H12BrFO/c1-10-5-6-12(9-14(10)17)15(18)8-11-3-2-4-13(16)7-11/h2-7,9H,8H2,1H3. The van der Waals surface area contributed by atoms with E-state index in [1.54, 1.807) is 19.1 Å². The Morgan fingerprint density at radius 2 is 2.00 bits per heavy atom. The maximum Gasteiger partial charge on any atom is 0.167 e. The summed E-state index contributed by atoms with van der Waals surface area (Å²) in [7, 11) is 0. The first-order valence-corrected chi connectivity index (χ1v) is 6.39. The van der Waals surface area contributed by atoms with Crippen molar-refractivity contribution in [2.75, 3.05) is 0 Å². The smallest absolute Gasteiger partial charge is 0.167 e. The lowest BCUT2D eigenvalue weighted by Crippen LogP contribution is -2.04. The van der Waals surface area contributed by atoms with E-state index in [0.717, 1.165) is 10.0 Å². The van der Waals surface area contributed by atoms with E-state index in [1.165, 1.54) is 6.07 Å². The van der Waals surface area contributed by atoms with E-state index in [1.807, 2.05) is 24.3 Å². The maximum absolute atomic E-state index is 13.4. The van der Waals surface area contributed by atoms with Gasteiger partial charge in [-0.1, -0.05) is 40.2 Å². The first-order valence-electron chi connectivity index (χ1n) is 5.60. The molecule has 0 saturated heterocycles. The van der Waals surface area contributed by atoms with E-state index in [9.17, 15) is 9.18 Å². The van der Waals surface area contributed by atoms with Crippen LogP contribution in [0.15, 0.2) is 46.9 Å². The zero-order chi connectivity index (χ0) is 13.1. The average Bonchev–Trinajstić information content (AvgIpc) is 2.32.